The van der Waals surface area contributed by atoms with E-state index >= 15 is 0 Å². The highest BCUT2D eigenvalue weighted by Crippen LogP contribution is 2.22. The first-order valence-corrected chi connectivity index (χ1v) is 6.00. The smallest absolute Gasteiger partial charge is 0.0474 e. The van der Waals surface area contributed by atoms with Crippen molar-refractivity contribution in [1.29, 1.82) is 0 Å². The number of nitrogens with zero attached hydrogens (tertiary/aromatic N) is 1. The molecule has 1 heterocycles. The van der Waals surface area contributed by atoms with Crippen LogP contribution in [0.25, 0.3) is 0 Å². The summed E-state index contributed by atoms with van der Waals surface area (Å²) in [6.07, 6.45) is 3.91. The molecule has 2 unspecified atom stereocenters. The topological polar surface area (TPSA) is 12.5 Å². The molecule has 1 saturated heterocycles. The van der Waals surface area contributed by atoms with E-state index in [1.54, 1.807) is 7.11 Å². The van der Waals surface area contributed by atoms with Gasteiger partial charge in [0.1, 0.15) is 0 Å². The molecule has 0 aromatic heterocycles. The van der Waals surface area contributed by atoms with Crippen LogP contribution in [-0.2, 0) is 4.74 Å². The third kappa shape index (κ3) is 4.43. The Kier molecular flexibility index (Phi) is 8.20. The molecule has 1 rings (SSSR count). The van der Waals surface area contributed by atoms with Crippen molar-refractivity contribution >= 4 is 0 Å². The lowest BCUT2D eigenvalue weighted by Gasteiger charge is -2.25. The number of methoxy groups -OCH3 is 1. The van der Waals surface area contributed by atoms with Crippen molar-refractivity contribution in [3.05, 3.63) is 0 Å². The van der Waals surface area contributed by atoms with Gasteiger partial charge >= 0.3 is 0 Å². The molecule has 1 aliphatic heterocycles. The third-order valence-corrected chi connectivity index (χ3v) is 2.90. The van der Waals surface area contributed by atoms with Crippen molar-refractivity contribution < 1.29 is 4.74 Å². The Morgan fingerprint density at radius 2 is 1.64 bits per heavy atom. The van der Waals surface area contributed by atoms with Crippen molar-refractivity contribution in [3.8, 4) is 0 Å². The molecule has 1 aliphatic rings. The van der Waals surface area contributed by atoms with Gasteiger partial charge in [0, 0.05) is 32.3 Å². The number of ether oxygens (including phenoxy) is 1. The first-order valence-electron chi connectivity index (χ1n) is 6.00. The first kappa shape index (κ1) is 13.9. The molecule has 0 amide bonds. The second kappa shape index (κ2) is 8.25. The molecule has 14 heavy (non-hydrogen) atoms. The SMILES string of the molecule is CC.COCCCN1C(C)CCC1C. The number of likely N-dealkylation sites (tertiary alicyclic amines) is 1. The Hall–Kier alpha value is -0.0800. The minimum absolute atomic E-state index is 0.789. The van der Waals surface area contributed by atoms with Crippen molar-refractivity contribution in [2.45, 2.75) is 59.0 Å². The summed E-state index contributed by atoms with van der Waals surface area (Å²) < 4.78 is 5.05. The molecule has 0 bridgehead atoms. The lowest BCUT2D eigenvalue weighted by Crippen LogP contribution is -2.33. The average molecular weight is 201 g/mol. The maximum Gasteiger partial charge on any atom is 0.0474 e. The molecule has 2 nitrogen and oxygen atoms in total. The Balaban J connectivity index is 0.000000791. The second-order valence-corrected chi connectivity index (χ2v) is 3.86. The normalized spacial score (nSPS) is 27.2. The molecular weight excluding hydrogens is 174 g/mol. The number of rotatable bonds is 4. The van der Waals surface area contributed by atoms with Crippen LogP contribution in [0.3, 0.4) is 0 Å². The van der Waals surface area contributed by atoms with Gasteiger partial charge in [-0.05, 0) is 33.1 Å². The van der Waals surface area contributed by atoms with Crippen LogP contribution in [0.1, 0.15) is 47.0 Å². The van der Waals surface area contributed by atoms with E-state index in [1.165, 1.54) is 25.8 Å². The van der Waals surface area contributed by atoms with Crippen molar-refractivity contribution in [3.63, 3.8) is 0 Å². The lowest BCUT2D eigenvalue weighted by molar-refractivity contribution is 0.154. The Bertz CT molecular complexity index is 117. The predicted octanol–water partition coefficient (Wildman–Crippen LogP) is 2.92. The zero-order valence-corrected chi connectivity index (χ0v) is 10.5. The Labute approximate surface area is 89.6 Å². The standard InChI is InChI=1S/C10H21NO.C2H6/c1-9-5-6-10(2)11(9)7-4-8-12-3;1-2/h9-10H,4-8H2,1-3H3;1-2H3. The van der Waals surface area contributed by atoms with Crippen molar-refractivity contribution in [1.82, 2.24) is 4.90 Å². The molecule has 0 N–H and O–H groups in total. The van der Waals surface area contributed by atoms with Gasteiger partial charge in [-0.15, -0.1) is 0 Å². The van der Waals surface area contributed by atoms with Gasteiger partial charge < -0.3 is 4.74 Å². The molecule has 0 radical (unpaired) electrons. The van der Waals surface area contributed by atoms with E-state index in [2.05, 4.69) is 18.7 Å². The van der Waals surface area contributed by atoms with Crippen LogP contribution in [0.4, 0.5) is 0 Å². The number of hydrogen-bond acceptors (Lipinski definition) is 2. The molecule has 1 fully saturated rings. The van der Waals surface area contributed by atoms with Gasteiger partial charge in [0.25, 0.3) is 0 Å². The van der Waals surface area contributed by atoms with Crippen LogP contribution in [-0.4, -0.2) is 37.2 Å². The highest BCUT2D eigenvalue weighted by molar-refractivity contribution is 4.81. The molecule has 0 aromatic rings. The summed E-state index contributed by atoms with van der Waals surface area (Å²) in [5.41, 5.74) is 0. The summed E-state index contributed by atoms with van der Waals surface area (Å²) in [4.78, 5) is 2.60. The number of hydrogen-bond donors (Lipinski definition) is 0. The lowest BCUT2D eigenvalue weighted by atomic mass is 10.2. The molecule has 0 aliphatic carbocycles. The van der Waals surface area contributed by atoms with Crippen LogP contribution >= 0.6 is 0 Å². The highest BCUT2D eigenvalue weighted by atomic mass is 16.5. The van der Waals surface area contributed by atoms with E-state index < -0.39 is 0 Å². The predicted molar refractivity (Wildman–Crippen MR) is 62.7 cm³/mol. The average Bonchev–Trinajstić information content (AvgIpc) is 2.52. The van der Waals surface area contributed by atoms with Crippen LogP contribution in [0.5, 0.6) is 0 Å². The summed E-state index contributed by atoms with van der Waals surface area (Å²) in [5, 5.41) is 0. The third-order valence-electron chi connectivity index (χ3n) is 2.90. The highest BCUT2D eigenvalue weighted by Gasteiger charge is 2.25. The molecule has 0 spiro atoms. The minimum atomic E-state index is 0.789. The van der Waals surface area contributed by atoms with Crippen LogP contribution < -0.4 is 0 Å². The van der Waals surface area contributed by atoms with Gasteiger partial charge in [-0.25, -0.2) is 0 Å². The van der Waals surface area contributed by atoms with Gasteiger partial charge in [0.05, 0.1) is 0 Å². The zero-order chi connectivity index (χ0) is 11.0. The molecule has 2 heteroatoms. The van der Waals surface area contributed by atoms with E-state index in [0.29, 0.717) is 0 Å². The minimum Gasteiger partial charge on any atom is -0.385 e. The van der Waals surface area contributed by atoms with Crippen LogP contribution in [0.2, 0.25) is 0 Å². The maximum absolute atomic E-state index is 5.05. The fourth-order valence-corrected chi connectivity index (χ4v) is 2.08. The summed E-state index contributed by atoms with van der Waals surface area (Å²) in [6, 6.07) is 1.58. The molecule has 86 valence electrons. The summed E-state index contributed by atoms with van der Waals surface area (Å²) in [7, 11) is 1.77. The summed E-state index contributed by atoms with van der Waals surface area (Å²) >= 11 is 0. The van der Waals surface area contributed by atoms with Crippen LogP contribution in [0.15, 0.2) is 0 Å². The summed E-state index contributed by atoms with van der Waals surface area (Å²) in [6.45, 7) is 10.8. The zero-order valence-electron chi connectivity index (χ0n) is 10.5. The first-order chi connectivity index (χ1) is 6.75. The van der Waals surface area contributed by atoms with Gasteiger partial charge in [-0.2, -0.15) is 0 Å². The Morgan fingerprint density at radius 1 is 1.14 bits per heavy atom. The van der Waals surface area contributed by atoms with Crippen LogP contribution in [0, 0.1) is 0 Å². The van der Waals surface area contributed by atoms with Crippen molar-refractivity contribution in [2.24, 2.45) is 0 Å². The largest absolute Gasteiger partial charge is 0.385 e. The van der Waals surface area contributed by atoms with E-state index in [1.807, 2.05) is 13.8 Å². The molecular formula is C12H27NO. The fourth-order valence-electron chi connectivity index (χ4n) is 2.08. The quantitative estimate of drug-likeness (QED) is 0.648. The fraction of sp³-hybridized carbons (Fsp3) is 1.00. The molecule has 0 aromatic carbocycles. The molecule has 0 saturated carbocycles. The van der Waals surface area contributed by atoms with Gasteiger partial charge in [-0.1, -0.05) is 13.8 Å². The Morgan fingerprint density at radius 3 is 2.07 bits per heavy atom. The van der Waals surface area contributed by atoms with Gasteiger partial charge in [0.15, 0.2) is 0 Å². The maximum atomic E-state index is 5.05. The van der Waals surface area contributed by atoms with Gasteiger partial charge in [0.2, 0.25) is 0 Å². The van der Waals surface area contributed by atoms with E-state index in [-0.39, 0.29) is 0 Å². The monoisotopic (exact) mass is 201 g/mol. The second-order valence-electron chi connectivity index (χ2n) is 3.86. The molecule has 2 atom stereocenters. The van der Waals surface area contributed by atoms with E-state index in [0.717, 1.165) is 18.7 Å². The van der Waals surface area contributed by atoms with E-state index in [9.17, 15) is 0 Å². The van der Waals surface area contributed by atoms with Crippen molar-refractivity contribution in [2.75, 3.05) is 20.3 Å². The van der Waals surface area contributed by atoms with E-state index in [4.69, 9.17) is 4.74 Å². The summed E-state index contributed by atoms with van der Waals surface area (Å²) in [5.74, 6) is 0. The van der Waals surface area contributed by atoms with Gasteiger partial charge in [-0.3, -0.25) is 4.90 Å².